The van der Waals surface area contributed by atoms with Crippen LogP contribution in [0.15, 0.2) is 18.2 Å². The fourth-order valence-corrected chi connectivity index (χ4v) is 5.82. The van der Waals surface area contributed by atoms with Crippen LogP contribution in [0.4, 0.5) is 0 Å². The minimum Gasteiger partial charge on any atom is -0.489 e. The lowest BCUT2D eigenvalue weighted by Gasteiger charge is -2.63. The molecule has 1 aromatic rings. The molecule has 0 heterocycles. The van der Waals surface area contributed by atoms with Gasteiger partial charge in [-0.2, -0.15) is 5.26 Å². The molecule has 2 saturated carbocycles. The quantitative estimate of drug-likeness (QED) is 0.520. The molecule has 0 radical (unpaired) electrons. The molecule has 5 heteroatoms. The largest absolute Gasteiger partial charge is 0.489 e. The number of benzene rings is 1. The van der Waals surface area contributed by atoms with Crippen LogP contribution in [0.5, 0.6) is 5.75 Å². The zero-order valence-corrected chi connectivity index (χ0v) is 21.0. The summed E-state index contributed by atoms with van der Waals surface area (Å²) in [6, 6.07) is 7.28. The number of carbonyl (C=O) groups is 1. The number of nitrogens with zero attached hydrogens (tertiary/aromatic N) is 1. The number of nitrogens with one attached hydrogen (secondary N) is 1. The minimum atomic E-state index is -0.211. The maximum atomic E-state index is 13.0. The van der Waals surface area contributed by atoms with E-state index in [2.05, 4.69) is 46.0 Å². The molecule has 1 amide bonds. The molecule has 0 aliphatic heterocycles. The van der Waals surface area contributed by atoms with Gasteiger partial charge in [-0.1, -0.05) is 72.9 Å². The Morgan fingerprint density at radius 3 is 2.35 bits per heavy atom. The van der Waals surface area contributed by atoms with Gasteiger partial charge in [-0.15, -0.1) is 0 Å². The molecule has 2 unspecified atom stereocenters. The number of amides is 1. The second-order valence-corrected chi connectivity index (χ2v) is 10.6. The van der Waals surface area contributed by atoms with Crippen molar-refractivity contribution in [1.29, 1.82) is 5.26 Å². The number of ether oxygens (including phenoxy) is 1. The van der Waals surface area contributed by atoms with Crippen molar-refractivity contribution >= 4 is 17.5 Å². The second kappa shape index (κ2) is 10.3. The number of nitriles is 1. The molecule has 2 fully saturated rings. The normalized spacial score (nSPS) is 28.6. The van der Waals surface area contributed by atoms with Crippen LogP contribution in [-0.4, -0.2) is 18.1 Å². The number of carbonyl (C=O) groups excluding carboxylic acids is 1. The summed E-state index contributed by atoms with van der Waals surface area (Å²) in [7, 11) is 0. The van der Waals surface area contributed by atoms with E-state index in [-0.39, 0.29) is 34.8 Å². The molecule has 3 rings (SSSR count). The molecule has 0 bridgehead atoms. The predicted molar refractivity (Wildman–Crippen MR) is 127 cm³/mol. The highest BCUT2D eigenvalue weighted by Gasteiger charge is 2.64. The predicted octanol–water partition coefficient (Wildman–Crippen LogP) is 6.75. The summed E-state index contributed by atoms with van der Waals surface area (Å²) in [5.41, 5.74) is 0.0174. The van der Waals surface area contributed by atoms with E-state index in [4.69, 9.17) is 21.6 Å². The van der Waals surface area contributed by atoms with Crippen molar-refractivity contribution in [2.45, 2.75) is 92.7 Å². The smallest absolute Gasteiger partial charge is 0.223 e. The van der Waals surface area contributed by atoms with Gasteiger partial charge < -0.3 is 10.1 Å². The van der Waals surface area contributed by atoms with Crippen molar-refractivity contribution < 1.29 is 9.53 Å². The number of halogens is 1. The lowest BCUT2D eigenvalue weighted by atomic mass is 9.49. The van der Waals surface area contributed by atoms with Crippen molar-refractivity contribution in [3.05, 3.63) is 28.8 Å². The topological polar surface area (TPSA) is 62.1 Å². The van der Waals surface area contributed by atoms with Crippen LogP contribution in [0.2, 0.25) is 5.02 Å². The van der Waals surface area contributed by atoms with Crippen molar-refractivity contribution in [3.8, 4) is 11.8 Å². The number of hydrogen-bond acceptors (Lipinski definition) is 3. The molecule has 4 nitrogen and oxygen atoms in total. The molecular weight excluding hydrogens is 408 g/mol. The van der Waals surface area contributed by atoms with Gasteiger partial charge in [0.25, 0.3) is 0 Å². The third-order valence-corrected chi connectivity index (χ3v) is 7.38. The first-order valence-corrected chi connectivity index (χ1v) is 12.1. The molecule has 2 aliphatic rings. The SMILES string of the molecule is CC.CC1CCCC(C(=O)NC2C(C)(C)C(Oc3ccc(C#N)c(Cl)c3)C2(C)C)CC1. The fraction of sp³-hybridized carbons (Fsp3) is 0.692. The van der Waals surface area contributed by atoms with Gasteiger partial charge in [-0.3, -0.25) is 4.79 Å². The molecule has 2 atom stereocenters. The van der Waals surface area contributed by atoms with Crippen LogP contribution in [0, 0.1) is 34.0 Å². The molecular formula is C26H39ClN2O2. The van der Waals surface area contributed by atoms with Crippen LogP contribution in [0.3, 0.4) is 0 Å². The van der Waals surface area contributed by atoms with Gasteiger partial charge in [0.05, 0.1) is 10.6 Å². The Morgan fingerprint density at radius 2 is 1.77 bits per heavy atom. The molecule has 0 saturated heterocycles. The van der Waals surface area contributed by atoms with Crippen molar-refractivity contribution in [2.75, 3.05) is 0 Å². The van der Waals surface area contributed by atoms with Crippen LogP contribution in [-0.2, 0) is 4.79 Å². The number of hydrogen-bond donors (Lipinski definition) is 1. The monoisotopic (exact) mass is 446 g/mol. The third kappa shape index (κ3) is 5.37. The highest BCUT2D eigenvalue weighted by Crippen LogP contribution is 2.55. The summed E-state index contributed by atoms with van der Waals surface area (Å²) in [6.07, 6.45) is 5.42. The van der Waals surface area contributed by atoms with E-state index in [1.165, 1.54) is 6.42 Å². The molecule has 31 heavy (non-hydrogen) atoms. The van der Waals surface area contributed by atoms with Gasteiger partial charge >= 0.3 is 0 Å². The molecule has 172 valence electrons. The Hall–Kier alpha value is -1.73. The molecule has 0 spiro atoms. The average molecular weight is 447 g/mol. The average Bonchev–Trinajstić information content (AvgIpc) is 2.95. The summed E-state index contributed by atoms with van der Waals surface area (Å²) in [5, 5.41) is 12.8. The van der Waals surface area contributed by atoms with Gasteiger partial charge in [0, 0.05) is 28.9 Å². The van der Waals surface area contributed by atoms with E-state index >= 15 is 0 Å². The Labute approximate surface area is 193 Å². The van der Waals surface area contributed by atoms with Gasteiger partial charge in [-0.05, 0) is 37.3 Å². The summed E-state index contributed by atoms with van der Waals surface area (Å²) < 4.78 is 6.31. The lowest BCUT2D eigenvalue weighted by molar-refractivity contribution is -0.174. The van der Waals surface area contributed by atoms with Crippen LogP contribution >= 0.6 is 11.6 Å². The number of rotatable bonds is 4. The lowest BCUT2D eigenvalue weighted by Crippen LogP contribution is -2.75. The van der Waals surface area contributed by atoms with Crippen LogP contribution < -0.4 is 10.1 Å². The third-order valence-electron chi connectivity index (χ3n) is 7.07. The van der Waals surface area contributed by atoms with E-state index in [9.17, 15) is 4.79 Å². The highest BCUT2D eigenvalue weighted by molar-refractivity contribution is 6.31. The van der Waals surface area contributed by atoms with Gasteiger partial charge in [-0.25, -0.2) is 0 Å². The van der Waals surface area contributed by atoms with E-state index in [0.29, 0.717) is 16.3 Å². The van der Waals surface area contributed by atoms with Gasteiger partial charge in [0.15, 0.2) is 0 Å². The Kier molecular flexibility index (Phi) is 8.45. The van der Waals surface area contributed by atoms with E-state index < -0.39 is 0 Å². The van der Waals surface area contributed by atoms with Crippen molar-refractivity contribution in [2.24, 2.45) is 22.7 Å². The van der Waals surface area contributed by atoms with E-state index in [1.54, 1.807) is 18.2 Å². The summed E-state index contributed by atoms with van der Waals surface area (Å²) in [6.45, 7) is 14.9. The molecule has 2 aliphatic carbocycles. The zero-order valence-electron chi connectivity index (χ0n) is 20.2. The van der Waals surface area contributed by atoms with Gasteiger partial charge in [0.1, 0.15) is 17.9 Å². The van der Waals surface area contributed by atoms with E-state index in [1.807, 2.05) is 13.8 Å². The molecule has 0 aromatic heterocycles. The van der Waals surface area contributed by atoms with Crippen LogP contribution in [0.25, 0.3) is 0 Å². The maximum Gasteiger partial charge on any atom is 0.223 e. The Balaban J connectivity index is 0.00000166. The molecule has 1 aromatic carbocycles. The Morgan fingerprint density at radius 1 is 1.13 bits per heavy atom. The van der Waals surface area contributed by atoms with Crippen molar-refractivity contribution in [1.82, 2.24) is 5.32 Å². The highest BCUT2D eigenvalue weighted by atomic mass is 35.5. The minimum absolute atomic E-state index is 0.0435. The van der Waals surface area contributed by atoms with Gasteiger partial charge in [0.2, 0.25) is 5.91 Å². The van der Waals surface area contributed by atoms with Crippen LogP contribution in [0.1, 0.15) is 86.1 Å². The van der Waals surface area contributed by atoms with E-state index in [0.717, 1.165) is 31.6 Å². The first-order valence-electron chi connectivity index (χ1n) is 11.7. The first kappa shape index (κ1) is 25.5. The summed E-state index contributed by atoms with van der Waals surface area (Å²) in [5.74, 6) is 1.71. The molecule has 1 N–H and O–H groups in total. The Bertz CT molecular complexity index is 796. The fourth-order valence-electron chi connectivity index (χ4n) is 5.61. The summed E-state index contributed by atoms with van der Waals surface area (Å²) >= 11 is 6.16. The summed E-state index contributed by atoms with van der Waals surface area (Å²) in [4.78, 5) is 13.0. The zero-order chi connectivity index (χ0) is 23.4. The maximum absolute atomic E-state index is 13.0. The standard InChI is InChI=1S/C24H33ClN2O2.C2H6/c1-15-7-6-8-16(10-9-15)20(28)27-21-23(2,3)22(24(21,4)5)29-18-12-11-17(14-26)19(25)13-18;1-2/h11-13,15-16,21-22H,6-10H2,1-5H3,(H,27,28);1-2H3. The second-order valence-electron chi connectivity index (χ2n) is 10.1. The first-order chi connectivity index (χ1) is 14.6. The van der Waals surface area contributed by atoms with Crippen molar-refractivity contribution in [3.63, 3.8) is 0 Å².